The van der Waals surface area contributed by atoms with Crippen LogP contribution in [-0.2, 0) is 0 Å². The molecule has 1 aromatic carbocycles. The number of aromatic nitrogens is 1. The molecule has 2 rings (SSSR count). The van der Waals surface area contributed by atoms with Gasteiger partial charge >= 0.3 is 5.97 Å². The van der Waals surface area contributed by atoms with Gasteiger partial charge in [-0.3, -0.25) is 4.98 Å². The number of carbonyl (C=O) groups is 1. The summed E-state index contributed by atoms with van der Waals surface area (Å²) in [4.78, 5) is 15.2. The molecule has 0 saturated heterocycles. The Morgan fingerprint density at radius 1 is 1.44 bits per heavy atom. The molecule has 0 aliphatic rings. The van der Waals surface area contributed by atoms with E-state index in [0.29, 0.717) is 17.9 Å². The second-order valence-electron chi connectivity index (χ2n) is 3.26. The molecule has 1 N–H and O–H groups in total. The van der Waals surface area contributed by atoms with Crippen LogP contribution in [0, 0.1) is 0 Å². The number of benzene rings is 1. The van der Waals surface area contributed by atoms with Gasteiger partial charge < -0.3 is 9.84 Å². The maximum Gasteiger partial charge on any atom is 0.339 e. The van der Waals surface area contributed by atoms with Gasteiger partial charge in [-0.05, 0) is 19.1 Å². The third-order valence-electron chi connectivity index (χ3n) is 2.25. The molecule has 4 heteroatoms. The van der Waals surface area contributed by atoms with Gasteiger partial charge in [0.15, 0.2) is 5.75 Å². The third kappa shape index (κ3) is 1.69. The number of carboxylic acids is 1. The lowest BCUT2D eigenvalue weighted by molar-refractivity contribution is 0.0693. The summed E-state index contributed by atoms with van der Waals surface area (Å²) >= 11 is 0. The molecular formula is C12H11NO3. The Kier molecular flexibility index (Phi) is 2.72. The van der Waals surface area contributed by atoms with Crippen LogP contribution in [0.15, 0.2) is 30.5 Å². The fraction of sp³-hybridized carbons (Fsp3) is 0.167. The van der Waals surface area contributed by atoms with Crippen molar-refractivity contribution in [3.8, 4) is 5.75 Å². The lowest BCUT2D eigenvalue weighted by Gasteiger charge is -2.09. The molecule has 0 bridgehead atoms. The lowest BCUT2D eigenvalue weighted by atomic mass is 10.1. The van der Waals surface area contributed by atoms with Gasteiger partial charge in [0.05, 0.1) is 6.61 Å². The fourth-order valence-electron chi connectivity index (χ4n) is 1.58. The lowest BCUT2D eigenvalue weighted by Crippen LogP contribution is -2.03. The van der Waals surface area contributed by atoms with E-state index in [4.69, 9.17) is 9.84 Å². The van der Waals surface area contributed by atoms with E-state index in [0.717, 1.165) is 5.39 Å². The van der Waals surface area contributed by atoms with Crippen molar-refractivity contribution in [3.05, 3.63) is 36.0 Å². The topological polar surface area (TPSA) is 59.4 Å². The standard InChI is InChI=1S/C12H11NO3/c1-2-16-11-9(12(14)15)6-5-8-4-3-7-13-10(8)11/h3-7H,2H2,1H3,(H,14,15). The summed E-state index contributed by atoms with van der Waals surface area (Å²) in [6.07, 6.45) is 1.62. The monoisotopic (exact) mass is 217 g/mol. The van der Waals surface area contributed by atoms with Crippen molar-refractivity contribution in [2.24, 2.45) is 0 Å². The Labute approximate surface area is 92.5 Å². The van der Waals surface area contributed by atoms with E-state index >= 15 is 0 Å². The first kappa shape index (κ1) is 10.4. The molecule has 0 aliphatic heterocycles. The summed E-state index contributed by atoms with van der Waals surface area (Å²) < 4.78 is 5.37. The summed E-state index contributed by atoms with van der Waals surface area (Å²) in [5.41, 5.74) is 0.734. The molecule has 0 unspecified atom stereocenters. The third-order valence-corrected chi connectivity index (χ3v) is 2.25. The first-order valence-electron chi connectivity index (χ1n) is 4.98. The fourth-order valence-corrected chi connectivity index (χ4v) is 1.58. The Morgan fingerprint density at radius 3 is 2.94 bits per heavy atom. The average Bonchev–Trinajstić information content (AvgIpc) is 2.29. The van der Waals surface area contributed by atoms with Crippen molar-refractivity contribution in [2.45, 2.75) is 6.92 Å². The van der Waals surface area contributed by atoms with Gasteiger partial charge in [0.2, 0.25) is 0 Å². The molecule has 1 heterocycles. The molecule has 0 fully saturated rings. The minimum atomic E-state index is -1.00. The number of carboxylic acid groups (broad SMARTS) is 1. The second kappa shape index (κ2) is 4.18. The SMILES string of the molecule is CCOc1c(C(=O)O)ccc2cccnc12. The van der Waals surface area contributed by atoms with E-state index in [1.54, 1.807) is 18.3 Å². The van der Waals surface area contributed by atoms with Gasteiger partial charge in [0.25, 0.3) is 0 Å². The number of rotatable bonds is 3. The zero-order valence-electron chi connectivity index (χ0n) is 8.80. The molecule has 0 spiro atoms. The summed E-state index contributed by atoms with van der Waals surface area (Å²) in [5, 5.41) is 9.92. The van der Waals surface area contributed by atoms with E-state index < -0.39 is 5.97 Å². The molecule has 2 aromatic rings. The van der Waals surface area contributed by atoms with Gasteiger partial charge in [0.1, 0.15) is 11.1 Å². The van der Waals surface area contributed by atoms with Crippen LogP contribution < -0.4 is 4.74 Å². The highest BCUT2D eigenvalue weighted by atomic mass is 16.5. The van der Waals surface area contributed by atoms with Crippen molar-refractivity contribution in [1.29, 1.82) is 0 Å². The minimum Gasteiger partial charge on any atom is -0.491 e. The van der Waals surface area contributed by atoms with E-state index in [-0.39, 0.29) is 5.56 Å². The van der Waals surface area contributed by atoms with Crippen LogP contribution in [0.3, 0.4) is 0 Å². The van der Waals surface area contributed by atoms with Crippen molar-refractivity contribution in [2.75, 3.05) is 6.61 Å². The maximum absolute atomic E-state index is 11.0. The first-order valence-corrected chi connectivity index (χ1v) is 4.98. The molecule has 4 nitrogen and oxygen atoms in total. The van der Waals surface area contributed by atoms with E-state index in [1.165, 1.54) is 6.07 Å². The van der Waals surface area contributed by atoms with Crippen LogP contribution in [0.4, 0.5) is 0 Å². The molecule has 0 amide bonds. The molecule has 0 saturated carbocycles. The minimum absolute atomic E-state index is 0.146. The van der Waals surface area contributed by atoms with Gasteiger partial charge in [0, 0.05) is 11.6 Å². The number of ether oxygens (including phenoxy) is 1. The summed E-state index contributed by atoms with van der Waals surface area (Å²) in [5.74, 6) is -0.663. The molecule has 0 atom stereocenters. The quantitative estimate of drug-likeness (QED) is 0.857. The van der Waals surface area contributed by atoms with Crippen molar-refractivity contribution in [3.63, 3.8) is 0 Å². The largest absolute Gasteiger partial charge is 0.491 e. The Bertz CT molecular complexity index is 537. The van der Waals surface area contributed by atoms with Gasteiger partial charge in [-0.25, -0.2) is 4.79 Å². The molecule has 16 heavy (non-hydrogen) atoms. The first-order chi connectivity index (χ1) is 7.74. The van der Waals surface area contributed by atoms with E-state index in [2.05, 4.69) is 4.98 Å². The van der Waals surface area contributed by atoms with Gasteiger partial charge in [-0.1, -0.05) is 12.1 Å². The summed E-state index contributed by atoms with van der Waals surface area (Å²) in [7, 11) is 0. The van der Waals surface area contributed by atoms with Crippen molar-refractivity contribution in [1.82, 2.24) is 4.98 Å². The van der Waals surface area contributed by atoms with E-state index in [9.17, 15) is 4.79 Å². The number of pyridine rings is 1. The zero-order chi connectivity index (χ0) is 11.5. The Balaban J connectivity index is 2.73. The predicted octanol–water partition coefficient (Wildman–Crippen LogP) is 2.33. The summed E-state index contributed by atoms with van der Waals surface area (Å²) in [6.45, 7) is 2.23. The Morgan fingerprint density at radius 2 is 2.25 bits per heavy atom. The molecule has 82 valence electrons. The Hall–Kier alpha value is -2.10. The smallest absolute Gasteiger partial charge is 0.339 e. The van der Waals surface area contributed by atoms with Crippen molar-refractivity contribution >= 4 is 16.9 Å². The average molecular weight is 217 g/mol. The maximum atomic E-state index is 11.0. The normalized spacial score (nSPS) is 10.3. The number of aromatic carboxylic acids is 1. The molecule has 0 radical (unpaired) electrons. The van der Waals surface area contributed by atoms with Crippen molar-refractivity contribution < 1.29 is 14.6 Å². The predicted molar refractivity (Wildman–Crippen MR) is 59.9 cm³/mol. The zero-order valence-corrected chi connectivity index (χ0v) is 8.80. The molecule has 0 aliphatic carbocycles. The number of nitrogens with zero attached hydrogens (tertiary/aromatic N) is 1. The second-order valence-corrected chi connectivity index (χ2v) is 3.26. The molecular weight excluding hydrogens is 206 g/mol. The van der Waals surface area contributed by atoms with Crippen LogP contribution in [0.2, 0.25) is 0 Å². The number of hydrogen-bond acceptors (Lipinski definition) is 3. The van der Waals surface area contributed by atoms with Crippen LogP contribution >= 0.6 is 0 Å². The molecule has 1 aromatic heterocycles. The highest BCUT2D eigenvalue weighted by Gasteiger charge is 2.14. The van der Waals surface area contributed by atoms with Crippen LogP contribution in [-0.4, -0.2) is 22.7 Å². The van der Waals surface area contributed by atoms with Crippen LogP contribution in [0.25, 0.3) is 10.9 Å². The summed E-state index contributed by atoms with van der Waals surface area (Å²) in [6, 6.07) is 6.95. The highest BCUT2D eigenvalue weighted by Crippen LogP contribution is 2.28. The van der Waals surface area contributed by atoms with Crippen LogP contribution in [0.5, 0.6) is 5.75 Å². The van der Waals surface area contributed by atoms with E-state index in [1.807, 2.05) is 13.0 Å². The number of hydrogen-bond donors (Lipinski definition) is 1. The van der Waals surface area contributed by atoms with Gasteiger partial charge in [-0.2, -0.15) is 0 Å². The van der Waals surface area contributed by atoms with Crippen LogP contribution in [0.1, 0.15) is 17.3 Å². The number of fused-ring (bicyclic) bond motifs is 1. The highest BCUT2D eigenvalue weighted by molar-refractivity contribution is 5.98. The van der Waals surface area contributed by atoms with Gasteiger partial charge in [-0.15, -0.1) is 0 Å².